The van der Waals surface area contributed by atoms with E-state index in [9.17, 15) is 9.59 Å². The molecule has 0 aliphatic carbocycles. The molecule has 25 heavy (non-hydrogen) atoms. The van der Waals surface area contributed by atoms with E-state index in [2.05, 4.69) is 10.6 Å². The highest BCUT2D eigenvalue weighted by atomic mass is 32.1. The van der Waals surface area contributed by atoms with Crippen LogP contribution in [-0.4, -0.2) is 35.0 Å². The van der Waals surface area contributed by atoms with E-state index in [0.29, 0.717) is 29.5 Å². The molecule has 0 fully saturated rings. The number of nitrogens with zero attached hydrogens (tertiary/aromatic N) is 1. The van der Waals surface area contributed by atoms with E-state index in [1.165, 1.54) is 6.92 Å². The van der Waals surface area contributed by atoms with Crippen molar-refractivity contribution in [3.8, 4) is 0 Å². The fourth-order valence-corrected chi connectivity index (χ4v) is 3.23. The van der Waals surface area contributed by atoms with E-state index in [1.54, 1.807) is 19.1 Å². The summed E-state index contributed by atoms with van der Waals surface area (Å²) >= 11 is 5.44. The molecular formula is C18H23N3O3S. The van der Waals surface area contributed by atoms with Crippen LogP contribution in [0.5, 0.6) is 0 Å². The second kappa shape index (κ2) is 8.11. The summed E-state index contributed by atoms with van der Waals surface area (Å²) in [5, 5.41) is 6.52. The maximum Gasteiger partial charge on any atom is 0.338 e. The highest BCUT2D eigenvalue weighted by Crippen LogP contribution is 2.31. The SMILES string of the molecule is CCOC(=O)C1=C(C)N(CC)C(=S)N[C@@H]1c1ccc(NC(C)=O)cc1. The third kappa shape index (κ3) is 4.17. The average molecular weight is 361 g/mol. The Morgan fingerprint density at radius 1 is 1.28 bits per heavy atom. The predicted octanol–water partition coefficient (Wildman–Crippen LogP) is 2.73. The van der Waals surface area contributed by atoms with E-state index in [1.807, 2.05) is 30.9 Å². The van der Waals surface area contributed by atoms with Gasteiger partial charge < -0.3 is 20.3 Å². The number of benzene rings is 1. The lowest BCUT2D eigenvalue weighted by molar-refractivity contribution is -0.139. The summed E-state index contributed by atoms with van der Waals surface area (Å²) in [7, 11) is 0. The maximum absolute atomic E-state index is 12.5. The average Bonchev–Trinajstić information content (AvgIpc) is 2.55. The molecule has 7 heteroatoms. The molecule has 0 radical (unpaired) electrons. The van der Waals surface area contributed by atoms with E-state index in [0.717, 1.165) is 11.3 Å². The van der Waals surface area contributed by atoms with E-state index in [4.69, 9.17) is 17.0 Å². The monoisotopic (exact) mass is 361 g/mol. The van der Waals surface area contributed by atoms with Gasteiger partial charge in [-0.2, -0.15) is 0 Å². The molecule has 0 saturated heterocycles. The molecule has 0 unspecified atom stereocenters. The third-order valence-electron chi connectivity index (χ3n) is 3.97. The van der Waals surface area contributed by atoms with Crippen molar-refractivity contribution in [1.29, 1.82) is 0 Å². The number of nitrogens with one attached hydrogen (secondary N) is 2. The van der Waals surface area contributed by atoms with Gasteiger partial charge in [-0.3, -0.25) is 4.79 Å². The summed E-state index contributed by atoms with van der Waals surface area (Å²) < 4.78 is 5.24. The van der Waals surface area contributed by atoms with Crippen LogP contribution in [0.25, 0.3) is 0 Å². The smallest absolute Gasteiger partial charge is 0.338 e. The first-order chi connectivity index (χ1) is 11.9. The lowest BCUT2D eigenvalue weighted by Crippen LogP contribution is -2.47. The Kier molecular flexibility index (Phi) is 6.14. The minimum Gasteiger partial charge on any atom is -0.463 e. The first kappa shape index (κ1) is 18.9. The molecule has 2 N–H and O–H groups in total. The number of esters is 1. The topological polar surface area (TPSA) is 70.7 Å². The Morgan fingerprint density at radius 3 is 2.44 bits per heavy atom. The molecule has 0 bridgehead atoms. The van der Waals surface area contributed by atoms with E-state index < -0.39 is 0 Å². The minimum absolute atomic E-state index is 0.133. The Hall–Kier alpha value is -2.41. The van der Waals surface area contributed by atoms with Gasteiger partial charge in [0.25, 0.3) is 0 Å². The maximum atomic E-state index is 12.5. The number of thiocarbonyl (C=S) groups is 1. The van der Waals surface area contributed by atoms with Crippen LogP contribution in [0, 0.1) is 0 Å². The normalized spacial score (nSPS) is 17.2. The first-order valence-corrected chi connectivity index (χ1v) is 8.63. The van der Waals surface area contributed by atoms with Crippen molar-refractivity contribution >= 4 is 34.9 Å². The summed E-state index contributed by atoms with van der Waals surface area (Å²) in [5.74, 6) is -0.490. The number of hydrogen-bond acceptors (Lipinski definition) is 4. The van der Waals surface area contributed by atoms with Crippen molar-refractivity contribution in [1.82, 2.24) is 10.2 Å². The molecule has 1 aliphatic rings. The van der Waals surface area contributed by atoms with Crippen LogP contribution in [0.3, 0.4) is 0 Å². The Bertz CT molecular complexity index is 713. The van der Waals surface area contributed by atoms with Gasteiger partial charge in [-0.25, -0.2) is 4.79 Å². The van der Waals surface area contributed by atoms with Gasteiger partial charge in [-0.15, -0.1) is 0 Å². The van der Waals surface area contributed by atoms with E-state index >= 15 is 0 Å². The Balaban J connectivity index is 2.42. The van der Waals surface area contributed by atoms with Gasteiger partial charge in [-0.05, 0) is 50.7 Å². The number of allylic oxidation sites excluding steroid dienone is 1. The van der Waals surface area contributed by atoms with Crippen molar-refractivity contribution in [2.24, 2.45) is 0 Å². The van der Waals surface area contributed by atoms with Crippen molar-refractivity contribution in [2.75, 3.05) is 18.5 Å². The van der Waals surface area contributed by atoms with Crippen LogP contribution < -0.4 is 10.6 Å². The van der Waals surface area contributed by atoms with Crippen LogP contribution in [0.15, 0.2) is 35.5 Å². The molecular weight excluding hydrogens is 338 g/mol. The van der Waals surface area contributed by atoms with Gasteiger partial charge in [0, 0.05) is 24.9 Å². The highest BCUT2D eigenvalue weighted by Gasteiger charge is 2.34. The van der Waals surface area contributed by atoms with Crippen molar-refractivity contribution < 1.29 is 14.3 Å². The molecule has 1 heterocycles. The quantitative estimate of drug-likeness (QED) is 0.621. The number of carbonyl (C=O) groups excluding carboxylic acids is 2. The molecule has 0 spiro atoms. The van der Waals surface area contributed by atoms with Crippen molar-refractivity contribution in [2.45, 2.75) is 33.7 Å². The highest BCUT2D eigenvalue weighted by molar-refractivity contribution is 7.80. The first-order valence-electron chi connectivity index (χ1n) is 8.22. The lowest BCUT2D eigenvalue weighted by Gasteiger charge is -2.37. The summed E-state index contributed by atoms with van der Waals surface area (Å²) in [6.45, 7) is 8.06. The number of carbonyl (C=O) groups is 2. The second-order valence-corrected chi connectivity index (χ2v) is 6.04. The van der Waals surface area contributed by atoms with Gasteiger partial charge in [0.05, 0.1) is 18.2 Å². The van der Waals surface area contributed by atoms with Crippen LogP contribution in [0.2, 0.25) is 0 Å². The summed E-state index contributed by atoms with van der Waals surface area (Å²) in [5.41, 5.74) is 2.91. The largest absolute Gasteiger partial charge is 0.463 e. The molecule has 1 aliphatic heterocycles. The molecule has 0 aromatic heterocycles. The van der Waals surface area contributed by atoms with Gasteiger partial charge in [0.15, 0.2) is 5.11 Å². The molecule has 1 aromatic carbocycles. The Labute approximate surface area is 153 Å². The van der Waals surface area contributed by atoms with Gasteiger partial charge in [-0.1, -0.05) is 12.1 Å². The molecule has 2 rings (SSSR count). The fourth-order valence-electron chi connectivity index (χ4n) is 2.85. The van der Waals surface area contributed by atoms with Gasteiger partial charge in [0.2, 0.25) is 5.91 Å². The number of hydrogen-bond donors (Lipinski definition) is 2. The zero-order chi connectivity index (χ0) is 18.6. The number of amides is 1. The standard InChI is InChI=1S/C18H23N3O3S/c1-5-21-11(3)15(17(23)24-6-2)16(20-18(21)25)13-7-9-14(10-8-13)19-12(4)22/h7-10,16H,5-6H2,1-4H3,(H,19,22)(H,20,25)/t16-/m1/s1. The number of ether oxygens (including phenoxy) is 1. The zero-order valence-corrected chi connectivity index (χ0v) is 15.7. The zero-order valence-electron chi connectivity index (χ0n) is 14.9. The summed E-state index contributed by atoms with van der Waals surface area (Å²) in [6, 6.07) is 6.93. The minimum atomic E-state index is -0.388. The van der Waals surface area contributed by atoms with Gasteiger partial charge >= 0.3 is 5.97 Å². The molecule has 1 atom stereocenters. The van der Waals surface area contributed by atoms with Gasteiger partial charge in [0.1, 0.15) is 0 Å². The molecule has 1 aromatic rings. The van der Waals surface area contributed by atoms with Crippen LogP contribution in [-0.2, 0) is 14.3 Å². The number of rotatable bonds is 5. The molecule has 0 saturated carbocycles. The molecule has 1 amide bonds. The summed E-state index contributed by atoms with van der Waals surface area (Å²) in [6.07, 6.45) is 0. The molecule has 6 nitrogen and oxygen atoms in total. The number of anilines is 1. The Morgan fingerprint density at radius 2 is 1.92 bits per heavy atom. The third-order valence-corrected chi connectivity index (χ3v) is 4.31. The second-order valence-electron chi connectivity index (χ2n) is 5.65. The van der Waals surface area contributed by atoms with Crippen molar-refractivity contribution in [3.05, 3.63) is 41.1 Å². The van der Waals surface area contributed by atoms with Crippen LogP contribution >= 0.6 is 12.2 Å². The van der Waals surface area contributed by atoms with Crippen LogP contribution in [0.1, 0.15) is 39.3 Å². The van der Waals surface area contributed by atoms with Crippen LogP contribution in [0.4, 0.5) is 5.69 Å². The predicted molar refractivity (Wildman–Crippen MR) is 101 cm³/mol. The lowest BCUT2D eigenvalue weighted by atomic mass is 9.95. The van der Waals surface area contributed by atoms with Crippen molar-refractivity contribution in [3.63, 3.8) is 0 Å². The fraction of sp³-hybridized carbons (Fsp3) is 0.389. The molecule has 134 valence electrons. The van der Waals surface area contributed by atoms with E-state index in [-0.39, 0.29) is 17.9 Å². The summed E-state index contributed by atoms with van der Waals surface area (Å²) in [4.78, 5) is 25.6.